The summed E-state index contributed by atoms with van der Waals surface area (Å²) in [6.07, 6.45) is 2.38. The fourth-order valence-corrected chi connectivity index (χ4v) is 2.30. The molecule has 1 aromatic heterocycles. The normalized spacial score (nSPS) is 11.4. The smallest absolute Gasteiger partial charge is 0.336 e. The van der Waals surface area contributed by atoms with Crippen LogP contribution in [0, 0.1) is 0 Å². The van der Waals surface area contributed by atoms with Crippen LogP contribution in [0.3, 0.4) is 0 Å². The lowest BCUT2D eigenvalue weighted by Gasteiger charge is -2.01. The van der Waals surface area contributed by atoms with Crippen LogP contribution in [0.15, 0.2) is 11.5 Å². The van der Waals surface area contributed by atoms with Crippen molar-refractivity contribution in [2.75, 3.05) is 12.3 Å². The zero-order valence-corrected chi connectivity index (χ0v) is 10.7. The van der Waals surface area contributed by atoms with Crippen molar-refractivity contribution in [3.05, 3.63) is 6.33 Å². The summed E-state index contributed by atoms with van der Waals surface area (Å²) >= 11 is 0. The average Bonchev–Trinajstić information content (AvgIpc) is 2.75. The van der Waals surface area contributed by atoms with Gasteiger partial charge in [0.05, 0.1) is 5.75 Å². The van der Waals surface area contributed by atoms with Gasteiger partial charge < -0.3 is 5.32 Å². The molecule has 0 aliphatic rings. The molecule has 17 heavy (non-hydrogen) atoms. The lowest BCUT2D eigenvalue weighted by atomic mass is 10.5. The Kier molecular flexibility index (Phi) is 4.62. The third-order valence-corrected chi connectivity index (χ3v) is 3.65. The van der Waals surface area contributed by atoms with Gasteiger partial charge in [0.1, 0.15) is 6.33 Å². The molecule has 1 aromatic rings. The van der Waals surface area contributed by atoms with Gasteiger partial charge in [-0.25, -0.2) is 18.2 Å². The fraction of sp³-hybridized carbons (Fsp3) is 0.667. The number of aromatic nitrogens is 3. The van der Waals surface area contributed by atoms with E-state index in [0.717, 1.165) is 17.4 Å². The molecule has 8 heteroatoms. The maximum absolute atomic E-state index is 11.6. The largest absolute Gasteiger partial charge is 0.343 e. The van der Waals surface area contributed by atoms with E-state index in [9.17, 15) is 13.2 Å². The third-order valence-electron chi connectivity index (χ3n) is 1.96. The number of amides is 1. The van der Waals surface area contributed by atoms with Crippen LogP contribution in [0.4, 0.5) is 4.79 Å². The van der Waals surface area contributed by atoms with Crippen LogP contribution in [0.2, 0.25) is 0 Å². The first-order valence-electron chi connectivity index (χ1n) is 5.44. The molecule has 0 radical (unpaired) electrons. The summed E-state index contributed by atoms with van der Waals surface area (Å²) < 4.78 is 24.1. The summed E-state index contributed by atoms with van der Waals surface area (Å²) in [5, 5.41) is 5.93. The Labute approximate surface area is 100 Å². The number of rotatable bonds is 5. The van der Waals surface area contributed by atoms with Gasteiger partial charge in [-0.05, 0) is 12.8 Å². The van der Waals surface area contributed by atoms with Crippen molar-refractivity contribution in [3.63, 3.8) is 0 Å². The zero-order valence-electron chi connectivity index (χ0n) is 9.88. The van der Waals surface area contributed by atoms with Crippen LogP contribution in [0.5, 0.6) is 0 Å². The topological polar surface area (TPSA) is 94.0 Å². The number of nitrogens with zero attached hydrogens (tertiary/aromatic N) is 3. The molecule has 96 valence electrons. The molecule has 0 spiro atoms. The maximum Gasteiger partial charge on any atom is 0.343 e. The standard InChI is InChI=1S/C9H16N4O3S/c1-3-5-10-9(14)13-7-11-8(12-13)17(15,16)6-4-2/h7H,3-6H2,1-2H3,(H,10,14). The molecule has 1 rings (SSSR count). The van der Waals surface area contributed by atoms with Crippen molar-refractivity contribution in [2.45, 2.75) is 31.8 Å². The predicted octanol–water partition coefficient (Wildman–Crippen LogP) is 0.429. The van der Waals surface area contributed by atoms with E-state index < -0.39 is 15.9 Å². The molecule has 0 saturated carbocycles. The summed E-state index contributed by atoms with van der Waals surface area (Å²) in [5.41, 5.74) is 0. The molecule has 0 atom stereocenters. The van der Waals surface area contributed by atoms with Gasteiger partial charge in [0, 0.05) is 6.54 Å². The van der Waals surface area contributed by atoms with E-state index in [2.05, 4.69) is 15.4 Å². The molecule has 0 aliphatic heterocycles. The van der Waals surface area contributed by atoms with Gasteiger partial charge >= 0.3 is 6.03 Å². The van der Waals surface area contributed by atoms with Crippen LogP contribution in [0.1, 0.15) is 26.7 Å². The van der Waals surface area contributed by atoms with E-state index in [1.165, 1.54) is 0 Å². The van der Waals surface area contributed by atoms with E-state index in [0.29, 0.717) is 13.0 Å². The Morgan fingerprint density at radius 2 is 2.12 bits per heavy atom. The van der Waals surface area contributed by atoms with Crippen LogP contribution in [0.25, 0.3) is 0 Å². The number of sulfone groups is 1. The van der Waals surface area contributed by atoms with Gasteiger partial charge in [-0.1, -0.05) is 13.8 Å². The molecule has 1 N–H and O–H groups in total. The SMILES string of the molecule is CCCNC(=O)n1cnc(S(=O)(=O)CCC)n1. The minimum Gasteiger partial charge on any atom is -0.336 e. The highest BCUT2D eigenvalue weighted by atomic mass is 32.2. The Morgan fingerprint density at radius 3 is 2.71 bits per heavy atom. The van der Waals surface area contributed by atoms with E-state index in [4.69, 9.17) is 0 Å². The van der Waals surface area contributed by atoms with Crippen molar-refractivity contribution in [2.24, 2.45) is 0 Å². The lowest BCUT2D eigenvalue weighted by molar-refractivity contribution is 0.239. The second-order valence-electron chi connectivity index (χ2n) is 3.52. The average molecular weight is 260 g/mol. The fourth-order valence-electron chi connectivity index (χ4n) is 1.16. The van der Waals surface area contributed by atoms with Gasteiger partial charge in [0.2, 0.25) is 9.84 Å². The van der Waals surface area contributed by atoms with Gasteiger partial charge in [-0.2, -0.15) is 4.68 Å². The second-order valence-corrected chi connectivity index (χ2v) is 5.53. The monoisotopic (exact) mass is 260 g/mol. The minimum absolute atomic E-state index is 0.0202. The Morgan fingerprint density at radius 1 is 1.41 bits per heavy atom. The van der Waals surface area contributed by atoms with E-state index in [1.807, 2.05) is 6.92 Å². The van der Waals surface area contributed by atoms with Gasteiger partial charge in [0.25, 0.3) is 5.16 Å². The quantitative estimate of drug-likeness (QED) is 0.828. The van der Waals surface area contributed by atoms with Gasteiger partial charge in [-0.15, -0.1) is 5.10 Å². The second kappa shape index (κ2) is 5.76. The third kappa shape index (κ3) is 3.52. The van der Waals surface area contributed by atoms with Crippen molar-refractivity contribution >= 4 is 15.9 Å². The van der Waals surface area contributed by atoms with Crippen LogP contribution in [-0.4, -0.2) is 41.5 Å². The number of carbonyl (C=O) groups is 1. The molecule has 0 aromatic carbocycles. The lowest BCUT2D eigenvalue weighted by Crippen LogP contribution is -2.29. The molecule has 0 fully saturated rings. The first kappa shape index (κ1) is 13.6. The Hall–Kier alpha value is -1.44. The van der Waals surface area contributed by atoms with Crippen molar-refractivity contribution in [3.8, 4) is 0 Å². The minimum atomic E-state index is -3.47. The summed E-state index contributed by atoms with van der Waals surface area (Å²) in [4.78, 5) is 15.1. The Balaban J connectivity index is 2.81. The maximum atomic E-state index is 11.6. The Bertz CT molecular complexity index is 480. The highest BCUT2D eigenvalue weighted by Gasteiger charge is 2.19. The summed E-state index contributed by atoms with van der Waals surface area (Å²) in [5.74, 6) is -0.0202. The van der Waals surface area contributed by atoms with E-state index in [-0.39, 0.29) is 10.9 Å². The molecular formula is C9H16N4O3S. The summed E-state index contributed by atoms with van der Waals surface area (Å²) in [6, 6.07) is -0.475. The van der Waals surface area contributed by atoms with Crippen molar-refractivity contribution < 1.29 is 13.2 Å². The van der Waals surface area contributed by atoms with E-state index in [1.54, 1.807) is 6.92 Å². The molecule has 7 nitrogen and oxygen atoms in total. The summed E-state index contributed by atoms with van der Waals surface area (Å²) in [6.45, 7) is 4.18. The molecule has 1 heterocycles. The van der Waals surface area contributed by atoms with Crippen LogP contribution in [-0.2, 0) is 9.84 Å². The van der Waals surface area contributed by atoms with Crippen LogP contribution >= 0.6 is 0 Å². The van der Waals surface area contributed by atoms with E-state index >= 15 is 0 Å². The molecule has 0 aliphatic carbocycles. The van der Waals surface area contributed by atoms with Crippen molar-refractivity contribution in [1.29, 1.82) is 0 Å². The molecule has 1 amide bonds. The van der Waals surface area contributed by atoms with Gasteiger partial charge in [0.15, 0.2) is 0 Å². The zero-order chi connectivity index (χ0) is 12.9. The first-order valence-corrected chi connectivity index (χ1v) is 7.09. The summed E-state index contributed by atoms with van der Waals surface area (Å²) in [7, 11) is -3.47. The molecule has 0 unspecified atom stereocenters. The first-order chi connectivity index (χ1) is 8.01. The highest BCUT2D eigenvalue weighted by Crippen LogP contribution is 2.04. The molecular weight excluding hydrogens is 244 g/mol. The highest BCUT2D eigenvalue weighted by molar-refractivity contribution is 7.91. The van der Waals surface area contributed by atoms with Gasteiger partial charge in [-0.3, -0.25) is 0 Å². The molecule has 0 bridgehead atoms. The number of carbonyl (C=O) groups excluding carboxylic acids is 1. The predicted molar refractivity (Wildman–Crippen MR) is 61.5 cm³/mol. The van der Waals surface area contributed by atoms with Crippen molar-refractivity contribution in [1.82, 2.24) is 20.1 Å². The number of hydrogen-bond acceptors (Lipinski definition) is 5. The number of hydrogen-bond donors (Lipinski definition) is 1. The number of nitrogens with one attached hydrogen (secondary N) is 1. The van der Waals surface area contributed by atoms with Crippen LogP contribution < -0.4 is 5.32 Å². The molecule has 0 saturated heterocycles.